The highest BCUT2D eigenvalue weighted by Gasteiger charge is 2.20. The largest absolute Gasteiger partial charge is 0.388 e. The summed E-state index contributed by atoms with van der Waals surface area (Å²) >= 11 is 0. The van der Waals surface area contributed by atoms with Crippen molar-refractivity contribution in [2.45, 2.75) is 26.3 Å². The summed E-state index contributed by atoms with van der Waals surface area (Å²) in [6, 6.07) is 0.423. The van der Waals surface area contributed by atoms with Gasteiger partial charge in [-0.05, 0) is 13.5 Å². The van der Waals surface area contributed by atoms with Crippen molar-refractivity contribution >= 4 is 5.84 Å². The molecule has 14 heavy (non-hydrogen) atoms. The Morgan fingerprint density at radius 1 is 1.36 bits per heavy atom. The van der Waals surface area contributed by atoms with Crippen LogP contribution in [0, 0.1) is 5.41 Å². The summed E-state index contributed by atoms with van der Waals surface area (Å²) in [5, 5.41) is 7.26. The van der Waals surface area contributed by atoms with Gasteiger partial charge in [-0.3, -0.25) is 10.3 Å². The summed E-state index contributed by atoms with van der Waals surface area (Å²) in [4.78, 5) is 4.88. The molecule has 0 bridgehead atoms. The van der Waals surface area contributed by atoms with E-state index < -0.39 is 0 Å². The molecule has 1 aliphatic rings. The van der Waals surface area contributed by atoms with Crippen molar-refractivity contribution in [1.82, 2.24) is 9.80 Å². The second-order valence-electron chi connectivity index (χ2n) is 4.05. The van der Waals surface area contributed by atoms with Crippen LogP contribution in [-0.2, 0) is 0 Å². The van der Waals surface area contributed by atoms with Crippen molar-refractivity contribution in [1.29, 1.82) is 5.41 Å². The molecule has 1 saturated heterocycles. The average Bonchev–Trinajstić information content (AvgIpc) is 2.17. The lowest BCUT2D eigenvalue weighted by molar-refractivity contribution is 0.108. The molecule has 4 nitrogen and oxygen atoms in total. The quantitative estimate of drug-likeness (QED) is 0.506. The topological polar surface area (TPSA) is 56.4 Å². The first-order valence-corrected chi connectivity index (χ1v) is 5.42. The summed E-state index contributed by atoms with van der Waals surface area (Å²) < 4.78 is 0. The molecule has 1 fully saturated rings. The molecule has 0 aromatic heterocycles. The van der Waals surface area contributed by atoms with Crippen LogP contribution >= 0.6 is 0 Å². The number of likely N-dealkylation sites (N-methyl/N-ethyl adjacent to an activating group) is 1. The van der Waals surface area contributed by atoms with Gasteiger partial charge in [0, 0.05) is 38.6 Å². The highest BCUT2D eigenvalue weighted by molar-refractivity contribution is 5.77. The molecule has 0 aliphatic carbocycles. The lowest BCUT2D eigenvalue weighted by atomic mass is 10.1. The third-order valence-electron chi connectivity index (χ3n) is 2.99. The van der Waals surface area contributed by atoms with E-state index in [9.17, 15) is 0 Å². The summed E-state index contributed by atoms with van der Waals surface area (Å²) in [6.45, 7) is 10.0. The Kier molecular flexibility index (Phi) is 4.35. The van der Waals surface area contributed by atoms with Crippen LogP contribution in [0.2, 0.25) is 0 Å². The molecule has 0 spiro atoms. The van der Waals surface area contributed by atoms with Crippen LogP contribution in [-0.4, -0.2) is 54.4 Å². The number of hydrogen-bond acceptors (Lipinski definition) is 3. The third-order valence-corrected chi connectivity index (χ3v) is 2.99. The number of nitrogens with one attached hydrogen (secondary N) is 1. The van der Waals surface area contributed by atoms with Gasteiger partial charge in [-0.15, -0.1) is 0 Å². The van der Waals surface area contributed by atoms with Crippen molar-refractivity contribution in [2.24, 2.45) is 5.73 Å². The van der Waals surface area contributed by atoms with Gasteiger partial charge in [-0.2, -0.15) is 0 Å². The van der Waals surface area contributed by atoms with E-state index >= 15 is 0 Å². The minimum Gasteiger partial charge on any atom is -0.388 e. The Hall–Kier alpha value is -0.610. The molecule has 82 valence electrons. The molecule has 1 unspecified atom stereocenters. The first kappa shape index (κ1) is 11.5. The predicted molar refractivity (Wildman–Crippen MR) is 59.7 cm³/mol. The Morgan fingerprint density at radius 3 is 2.36 bits per heavy atom. The zero-order valence-corrected chi connectivity index (χ0v) is 9.29. The molecule has 1 aliphatic heterocycles. The minimum atomic E-state index is 0.301. The van der Waals surface area contributed by atoms with Gasteiger partial charge in [0.15, 0.2) is 0 Å². The molecule has 1 heterocycles. The van der Waals surface area contributed by atoms with Crippen LogP contribution in [0.4, 0.5) is 0 Å². The molecule has 0 amide bonds. The fourth-order valence-corrected chi connectivity index (χ4v) is 1.97. The van der Waals surface area contributed by atoms with Crippen LogP contribution in [0.15, 0.2) is 0 Å². The first-order chi connectivity index (χ1) is 6.63. The number of nitrogens with zero attached hydrogens (tertiary/aromatic N) is 2. The van der Waals surface area contributed by atoms with E-state index in [2.05, 4.69) is 23.6 Å². The Bertz CT molecular complexity index is 185. The zero-order valence-electron chi connectivity index (χ0n) is 9.29. The maximum absolute atomic E-state index is 7.26. The number of amidine groups is 1. The molecular weight excluding hydrogens is 176 g/mol. The van der Waals surface area contributed by atoms with Gasteiger partial charge in [0.1, 0.15) is 0 Å². The van der Waals surface area contributed by atoms with Crippen LogP contribution in [0.3, 0.4) is 0 Å². The predicted octanol–water partition coefficient (Wildman–Crippen LogP) is 0.338. The van der Waals surface area contributed by atoms with Gasteiger partial charge in [-0.25, -0.2) is 0 Å². The molecule has 1 atom stereocenters. The van der Waals surface area contributed by atoms with E-state index in [0.29, 0.717) is 18.3 Å². The lowest BCUT2D eigenvalue weighted by Crippen LogP contribution is -2.50. The highest BCUT2D eigenvalue weighted by Crippen LogP contribution is 2.08. The minimum absolute atomic E-state index is 0.301. The van der Waals surface area contributed by atoms with Crippen LogP contribution in [0.1, 0.15) is 20.3 Å². The van der Waals surface area contributed by atoms with Gasteiger partial charge in [0.2, 0.25) is 0 Å². The zero-order chi connectivity index (χ0) is 10.6. The van der Waals surface area contributed by atoms with Crippen molar-refractivity contribution in [3.63, 3.8) is 0 Å². The van der Waals surface area contributed by atoms with Crippen LogP contribution in [0.25, 0.3) is 0 Å². The fraction of sp³-hybridized carbons (Fsp3) is 0.900. The molecule has 0 saturated carbocycles. The molecular formula is C10H22N4. The van der Waals surface area contributed by atoms with Crippen LogP contribution in [0.5, 0.6) is 0 Å². The van der Waals surface area contributed by atoms with Crippen molar-refractivity contribution in [3.05, 3.63) is 0 Å². The van der Waals surface area contributed by atoms with Gasteiger partial charge < -0.3 is 10.6 Å². The Labute approximate surface area is 86.6 Å². The summed E-state index contributed by atoms with van der Waals surface area (Å²) in [5.74, 6) is 0.301. The molecule has 1 rings (SSSR count). The second kappa shape index (κ2) is 5.32. The second-order valence-corrected chi connectivity index (χ2v) is 4.05. The van der Waals surface area contributed by atoms with Gasteiger partial charge in [-0.1, -0.05) is 6.92 Å². The maximum atomic E-state index is 7.26. The maximum Gasteiger partial charge on any atom is 0.0920 e. The van der Waals surface area contributed by atoms with Crippen molar-refractivity contribution < 1.29 is 0 Å². The third kappa shape index (κ3) is 3.27. The number of rotatable bonds is 4. The standard InChI is InChI=1S/C10H22N4/c1-3-13-4-6-14(7-5-13)9(2)8-10(11)12/h9H,3-8H2,1-2H3,(H3,11,12). The van der Waals surface area contributed by atoms with E-state index in [0.717, 1.165) is 32.7 Å². The molecule has 0 aromatic carbocycles. The van der Waals surface area contributed by atoms with Crippen molar-refractivity contribution in [2.75, 3.05) is 32.7 Å². The summed E-state index contributed by atoms with van der Waals surface area (Å²) in [5.41, 5.74) is 5.40. The first-order valence-electron chi connectivity index (χ1n) is 5.42. The number of hydrogen-bond donors (Lipinski definition) is 2. The van der Waals surface area contributed by atoms with Crippen molar-refractivity contribution in [3.8, 4) is 0 Å². The summed E-state index contributed by atoms with van der Waals surface area (Å²) in [7, 11) is 0. The fourth-order valence-electron chi connectivity index (χ4n) is 1.97. The van der Waals surface area contributed by atoms with Gasteiger partial charge >= 0.3 is 0 Å². The Balaban J connectivity index is 2.30. The molecule has 3 N–H and O–H groups in total. The van der Waals surface area contributed by atoms with Gasteiger partial charge in [0.05, 0.1) is 5.84 Å². The molecule has 0 radical (unpaired) electrons. The van der Waals surface area contributed by atoms with E-state index in [4.69, 9.17) is 11.1 Å². The normalized spacial score (nSPS) is 22.1. The van der Waals surface area contributed by atoms with Crippen LogP contribution < -0.4 is 5.73 Å². The number of nitrogens with two attached hydrogens (primary N) is 1. The van der Waals surface area contributed by atoms with E-state index in [-0.39, 0.29) is 0 Å². The smallest absolute Gasteiger partial charge is 0.0920 e. The Morgan fingerprint density at radius 2 is 1.93 bits per heavy atom. The average molecular weight is 198 g/mol. The lowest BCUT2D eigenvalue weighted by Gasteiger charge is -2.37. The molecule has 4 heteroatoms. The summed E-state index contributed by atoms with van der Waals surface area (Å²) in [6.07, 6.45) is 0.701. The van der Waals surface area contributed by atoms with E-state index in [1.165, 1.54) is 0 Å². The number of piperazine rings is 1. The monoisotopic (exact) mass is 198 g/mol. The van der Waals surface area contributed by atoms with E-state index in [1.54, 1.807) is 0 Å². The van der Waals surface area contributed by atoms with E-state index in [1.807, 2.05) is 0 Å². The van der Waals surface area contributed by atoms with Gasteiger partial charge in [0.25, 0.3) is 0 Å². The SMILES string of the molecule is CCN1CCN(C(C)CC(=N)N)CC1. The molecule has 0 aromatic rings. The highest BCUT2D eigenvalue weighted by atomic mass is 15.3.